The maximum atomic E-state index is 12.4. The van der Waals surface area contributed by atoms with E-state index in [9.17, 15) is 13.6 Å². The molecular weight excluding hydrogens is 188 g/mol. The first-order valence-electron chi connectivity index (χ1n) is 3.45. The van der Waals surface area contributed by atoms with Crippen LogP contribution in [0.5, 0.6) is 0 Å². The predicted molar refractivity (Wildman–Crippen MR) is 41.7 cm³/mol. The van der Waals surface area contributed by atoms with Crippen molar-refractivity contribution in [2.24, 2.45) is 0 Å². The van der Waals surface area contributed by atoms with E-state index in [4.69, 9.17) is 5.11 Å². The van der Waals surface area contributed by atoms with Gasteiger partial charge in [-0.25, -0.2) is 4.79 Å². The van der Waals surface area contributed by atoms with Gasteiger partial charge in [-0.2, -0.15) is 20.5 Å². The SMILES string of the molecule is O=C(O)C(F)(F)CNC1CSC1. The molecule has 0 unspecified atom stereocenters. The van der Waals surface area contributed by atoms with Crippen molar-refractivity contribution in [3.05, 3.63) is 0 Å². The first-order valence-corrected chi connectivity index (χ1v) is 4.60. The van der Waals surface area contributed by atoms with Crippen molar-refractivity contribution in [2.75, 3.05) is 18.1 Å². The van der Waals surface area contributed by atoms with Crippen LogP contribution in [0.4, 0.5) is 8.78 Å². The lowest BCUT2D eigenvalue weighted by atomic mass is 10.3. The van der Waals surface area contributed by atoms with Gasteiger partial charge in [-0.1, -0.05) is 0 Å². The Hall–Kier alpha value is -0.360. The Balaban J connectivity index is 2.24. The van der Waals surface area contributed by atoms with E-state index >= 15 is 0 Å². The van der Waals surface area contributed by atoms with Gasteiger partial charge in [-0.3, -0.25) is 0 Å². The number of hydrogen-bond donors (Lipinski definition) is 2. The molecule has 1 saturated heterocycles. The van der Waals surface area contributed by atoms with Crippen LogP contribution in [-0.4, -0.2) is 41.1 Å². The number of carboxylic acids is 1. The van der Waals surface area contributed by atoms with Crippen molar-refractivity contribution in [1.29, 1.82) is 0 Å². The molecule has 0 bridgehead atoms. The van der Waals surface area contributed by atoms with Crippen LogP contribution >= 0.6 is 11.8 Å². The summed E-state index contributed by atoms with van der Waals surface area (Å²) in [6.45, 7) is -0.770. The van der Waals surface area contributed by atoms with Gasteiger partial charge in [0.05, 0.1) is 6.54 Å². The third-order valence-corrected chi connectivity index (χ3v) is 2.84. The fourth-order valence-corrected chi connectivity index (χ4v) is 1.41. The van der Waals surface area contributed by atoms with Gasteiger partial charge in [0, 0.05) is 17.5 Å². The van der Waals surface area contributed by atoms with Crippen LogP contribution in [0.25, 0.3) is 0 Å². The smallest absolute Gasteiger partial charge is 0.375 e. The lowest BCUT2D eigenvalue weighted by Gasteiger charge is -2.27. The highest BCUT2D eigenvalue weighted by Gasteiger charge is 2.39. The summed E-state index contributed by atoms with van der Waals surface area (Å²) in [5.41, 5.74) is 0. The first-order chi connectivity index (χ1) is 5.52. The Morgan fingerprint density at radius 1 is 1.67 bits per heavy atom. The van der Waals surface area contributed by atoms with Crippen molar-refractivity contribution in [3.63, 3.8) is 0 Å². The molecule has 3 nitrogen and oxygen atoms in total. The second kappa shape index (κ2) is 3.57. The van der Waals surface area contributed by atoms with Gasteiger partial charge in [0.15, 0.2) is 0 Å². The summed E-state index contributed by atoms with van der Waals surface area (Å²) < 4.78 is 24.8. The first kappa shape index (κ1) is 9.73. The Morgan fingerprint density at radius 3 is 2.58 bits per heavy atom. The van der Waals surface area contributed by atoms with Crippen LogP contribution in [-0.2, 0) is 4.79 Å². The quantitative estimate of drug-likeness (QED) is 0.685. The standard InChI is InChI=1S/C6H9F2NO2S/c7-6(8,5(10)11)3-9-4-1-12-2-4/h4,9H,1-3H2,(H,10,11). The highest BCUT2D eigenvalue weighted by atomic mass is 32.2. The van der Waals surface area contributed by atoms with Crippen LogP contribution in [0.2, 0.25) is 0 Å². The molecule has 1 fully saturated rings. The number of hydrogen-bond acceptors (Lipinski definition) is 3. The molecule has 6 heteroatoms. The minimum atomic E-state index is -3.64. The third-order valence-electron chi connectivity index (χ3n) is 1.56. The molecule has 0 aromatic heterocycles. The van der Waals surface area contributed by atoms with E-state index in [1.165, 1.54) is 0 Å². The molecule has 1 rings (SSSR count). The number of carbonyl (C=O) groups is 1. The molecule has 2 N–H and O–H groups in total. The maximum absolute atomic E-state index is 12.4. The van der Waals surface area contributed by atoms with Gasteiger partial charge in [-0.15, -0.1) is 0 Å². The normalized spacial score (nSPS) is 18.8. The molecule has 0 aromatic rings. The summed E-state index contributed by atoms with van der Waals surface area (Å²) in [6.07, 6.45) is 0. The molecule has 0 atom stereocenters. The van der Waals surface area contributed by atoms with Crippen LogP contribution < -0.4 is 5.32 Å². The highest BCUT2D eigenvalue weighted by molar-refractivity contribution is 8.00. The third kappa shape index (κ3) is 2.31. The van der Waals surface area contributed by atoms with E-state index < -0.39 is 18.4 Å². The van der Waals surface area contributed by atoms with E-state index in [2.05, 4.69) is 5.32 Å². The van der Waals surface area contributed by atoms with Gasteiger partial charge < -0.3 is 10.4 Å². The van der Waals surface area contributed by atoms with Crippen LogP contribution in [0.15, 0.2) is 0 Å². The molecule has 0 aliphatic carbocycles. The van der Waals surface area contributed by atoms with E-state index in [-0.39, 0.29) is 6.04 Å². The fourth-order valence-electron chi connectivity index (χ4n) is 0.702. The zero-order chi connectivity index (χ0) is 9.19. The Labute approximate surface area is 72.5 Å². The van der Waals surface area contributed by atoms with Crippen molar-refractivity contribution < 1.29 is 18.7 Å². The van der Waals surface area contributed by atoms with E-state index in [1.807, 2.05) is 0 Å². The zero-order valence-corrected chi connectivity index (χ0v) is 7.03. The van der Waals surface area contributed by atoms with E-state index in [0.29, 0.717) is 0 Å². The Morgan fingerprint density at radius 2 is 2.25 bits per heavy atom. The predicted octanol–water partition coefficient (Wildman–Crippen LogP) is 0.411. The summed E-state index contributed by atoms with van der Waals surface area (Å²) in [4.78, 5) is 9.94. The number of aliphatic carboxylic acids is 1. The van der Waals surface area contributed by atoms with Crippen LogP contribution in [0.3, 0.4) is 0 Å². The lowest BCUT2D eigenvalue weighted by Crippen LogP contribution is -2.48. The van der Waals surface area contributed by atoms with Crippen molar-refractivity contribution in [3.8, 4) is 0 Å². The average molecular weight is 197 g/mol. The second-order valence-electron chi connectivity index (χ2n) is 2.62. The monoisotopic (exact) mass is 197 g/mol. The topological polar surface area (TPSA) is 49.3 Å². The number of carboxylic acid groups (broad SMARTS) is 1. The lowest BCUT2D eigenvalue weighted by molar-refractivity contribution is -0.164. The molecule has 70 valence electrons. The van der Waals surface area contributed by atoms with Crippen LogP contribution in [0.1, 0.15) is 0 Å². The second-order valence-corrected chi connectivity index (χ2v) is 3.70. The van der Waals surface area contributed by atoms with Crippen LogP contribution in [0, 0.1) is 0 Å². The molecular formula is C6H9F2NO2S. The maximum Gasteiger partial charge on any atom is 0.375 e. The molecule has 12 heavy (non-hydrogen) atoms. The molecule has 0 amide bonds. The van der Waals surface area contributed by atoms with E-state index in [0.717, 1.165) is 11.5 Å². The molecule has 1 aliphatic rings. The highest BCUT2D eigenvalue weighted by Crippen LogP contribution is 2.19. The number of thioether (sulfide) groups is 1. The summed E-state index contributed by atoms with van der Waals surface area (Å²) in [5.74, 6) is -4.13. The molecule has 1 aliphatic heterocycles. The molecule has 0 aromatic carbocycles. The Kier molecular flexibility index (Phi) is 2.89. The minimum Gasteiger partial charge on any atom is -0.477 e. The zero-order valence-electron chi connectivity index (χ0n) is 6.22. The van der Waals surface area contributed by atoms with Crippen molar-refractivity contribution in [2.45, 2.75) is 12.0 Å². The van der Waals surface area contributed by atoms with Gasteiger partial charge >= 0.3 is 11.9 Å². The number of nitrogens with one attached hydrogen (secondary N) is 1. The van der Waals surface area contributed by atoms with Gasteiger partial charge in [0.2, 0.25) is 0 Å². The van der Waals surface area contributed by atoms with Gasteiger partial charge in [-0.05, 0) is 0 Å². The number of halogens is 2. The van der Waals surface area contributed by atoms with Gasteiger partial charge in [0.25, 0.3) is 0 Å². The van der Waals surface area contributed by atoms with Crippen molar-refractivity contribution >= 4 is 17.7 Å². The molecule has 0 saturated carbocycles. The van der Waals surface area contributed by atoms with Crippen molar-refractivity contribution in [1.82, 2.24) is 5.32 Å². The molecule has 1 heterocycles. The summed E-state index contributed by atoms with van der Waals surface area (Å²) in [5, 5.41) is 10.5. The molecule has 0 spiro atoms. The van der Waals surface area contributed by atoms with E-state index in [1.54, 1.807) is 11.8 Å². The summed E-state index contributed by atoms with van der Waals surface area (Å²) in [7, 11) is 0. The largest absolute Gasteiger partial charge is 0.477 e. The number of rotatable bonds is 4. The average Bonchev–Trinajstić information content (AvgIpc) is 1.83. The summed E-state index contributed by atoms with van der Waals surface area (Å²) in [6, 6.07) is 0.0558. The fraction of sp³-hybridized carbons (Fsp3) is 0.833. The minimum absolute atomic E-state index is 0.0558. The summed E-state index contributed by atoms with van der Waals surface area (Å²) >= 11 is 1.65. The number of alkyl halides is 2. The Bertz CT molecular complexity index is 184. The van der Waals surface area contributed by atoms with Gasteiger partial charge in [0.1, 0.15) is 0 Å². The molecule has 0 radical (unpaired) electrons.